The molecule has 0 spiro atoms. The molecule has 2 amide bonds. The molecule has 1 unspecified atom stereocenters. The molecular weight excluding hydrogens is 266 g/mol. The number of hydrogen-bond acceptors (Lipinski definition) is 6. The van der Waals surface area contributed by atoms with Gasteiger partial charge in [-0.2, -0.15) is 10.2 Å². The number of carbonyl (C=O) groups is 2. The zero-order valence-corrected chi connectivity index (χ0v) is 10.4. The average molecular weight is 277 g/mol. The van der Waals surface area contributed by atoms with E-state index in [-0.39, 0.29) is 5.95 Å². The molecule has 0 aliphatic carbocycles. The highest BCUT2D eigenvalue weighted by atomic mass is 16.4. The molecule has 0 saturated heterocycles. The number of urea groups is 1. The van der Waals surface area contributed by atoms with Crippen LogP contribution in [0.3, 0.4) is 0 Å². The van der Waals surface area contributed by atoms with Crippen molar-refractivity contribution in [1.82, 2.24) is 30.3 Å². The van der Waals surface area contributed by atoms with E-state index in [0.29, 0.717) is 5.56 Å². The van der Waals surface area contributed by atoms with Crippen LogP contribution in [-0.4, -0.2) is 42.1 Å². The van der Waals surface area contributed by atoms with E-state index >= 15 is 0 Å². The number of carboxylic acids is 1. The Morgan fingerprint density at radius 1 is 1.40 bits per heavy atom. The van der Waals surface area contributed by atoms with Gasteiger partial charge in [-0.25, -0.2) is 14.6 Å². The molecule has 0 aliphatic rings. The fourth-order valence-electron chi connectivity index (χ4n) is 1.45. The van der Waals surface area contributed by atoms with Gasteiger partial charge in [0.15, 0.2) is 6.04 Å². The molecule has 0 saturated carbocycles. The summed E-state index contributed by atoms with van der Waals surface area (Å²) in [6.45, 7) is 0. The number of rotatable bonds is 4. The largest absolute Gasteiger partial charge is 0.479 e. The minimum Gasteiger partial charge on any atom is -0.479 e. The average Bonchev–Trinajstić information content (AvgIpc) is 2.83. The first kappa shape index (κ1) is 13.4. The number of nitrogens with one attached hydrogen (secondary N) is 2. The zero-order chi connectivity index (χ0) is 14.5. The van der Waals surface area contributed by atoms with E-state index in [9.17, 15) is 9.59 Å². The topological polar surface area (TPSA) is 135 Å². The van der Waals surface area contributed by atoms with Crippen molar-refractivity contribution in [2.75, 3.05) is 5.32 Å². The minimum absolute atomic E-state index is 0.0275. The van der Waals surface area contributed by atoms with Crippen molar-refractivity contribution in [3.63, 3.8) is 0 Å². The van der Waals surface area contributed by atoms with E-state index in [1.165, 1.54) is 29.5 Å². The summed E-state index contributed by atoms with van der Waals surface area (Å²) in [6.07, 6.45) is 5.55. The van der Waals surface area contributed by atoms with Crippen molar-refractivity contribution < 1.29 is 14.7 Å². The van der Waals surface area contributed by atoms with Gasteiger partial charge in [-0.15, -0.1) is 5.10 Å². The predicted molar refractivity (Wildman–Crippen MR) is 65.6 cm³/mol. The second-order valence-electron chi connectivity index (χ2n) is 3.78. The standard InChI is InChI=1S/C10H11N7O3/c1-17-5-6(4-13-17)7(8(18)19)14-10(20)15-9-11-2-3-12-16-9/h2-5,7H,1H3,(H,18,19)(H2,11,14,15,16,20). The Labute approximate surface area is 112 Å². The third-order valence-electron chi connectivity index (χ3n) is 2.29. The minimum atomic E-state index is -1.22. The second-order valence-corrected chi connectivity index (χ2v) is 3.78. The molecule has 0 aromatic carbocycles. The molecular formula is C10H11N7O3. The third-order valence-corrected chi connectivity index (χ3v) is 2.29. The molecule has 2 heterocycles. The lowest BCUT2D eigenvalue weighted by Gasteiger charge is -2.12. The molecule has 0 radical (unpaired) electrons. The third kappa shape index (κ3) is 3.25. The quantitative estimate of drug-likeness (QED) is 0.688. The van der Waals surface area contributed by atoms with Crippen LogP contribution in [0.25, 0.3) is 0 Å². The van der Waals surface area contributed by atoms with Gasteiger partial charge in [0, 0.05) is 18.8 Å². The highest BCUT2D eigenvalue weighted by Gasteiger charge is 2.23. The van der Waals surface area contributed by atoms with Crippen LogP contribution >= 0.6 is 0 Å². The molecule has 10 nitrogen and oxygen atoms in total. The van der Waals surface area contributed by atoms with Gasteiger partial charge < -0.3 is 10.4 Å². The molecule has 2 aromatic rings. The Balaban J connectivity index is 2.05. The Morgan fingerprint density at radius 2 is 2.20 bits per heavy atom. The summed E-state index contributed by atoms with van der Waals surface area (Å²) in [4.78, 5) is 26.6. The lowest BCUT2D eigenvalue weighted by molar-refractivity contribution is -0.139. The highest BCUT2D eigenvalue weighted by molar-refractivity contribution is 5.91. The molecule has 0 aliphatic heterocycles. The predicted octanol–water partition coefficient (Wildman–Crippen LogP) is -0.448. The van der Waals surface area contributed by atoms with Gasteiger partial charge in [0.25, 0.3) is 5.95 Å². The normalized spacial score (nSPS) is 11.7. The Morgan fingerprint density at radius 3 is 2.75 bits per heavy atom. The lowest BCUT2D eigenvalue weighted by Crippen LogP contribution is -2.37. The van der Waals surface area contributed by atoms with Crippen molar-refractivity contribution in [3.8, 4) is 0 Å². The van der Waals surface area contributed by atoms with Gasteiger partial charge in [0.05, 0.1) is 18.6 Å². The second kappa shape index (κ2) is 5.73. The number of hydrogen-bond donors (Lipinski definition) is 3. The summed E-state index contributed by atoms with van der Waals surface area (Å²) in [6, 6.07) is -1.98. The van der Waals surface area contributed by atoms with Crippen LogP contribution in [-0.2, 0) is 11.8 Å². The maximum atomic E-state index is 11.7. The van der Waals surface area contributed by atoms with Crippen LogP contribution < -0.4 is 10.6 Å². The van der Waals surface area contributed by atoms with Crippen molar-refractivity contribution in [2.45, 2.75) is 6.04 Å². The molecule has 2 aromatic heterocycles. The van der Waals surface area contributed by atoms with Gasteiger partial charge in [0.2, 0.25) is 0 Å². The summed E-state index contributed by atoms with van der Waals surface area (Å²) in [5.41, 5.74) is 0.349. The van der Waals surface area contributed by atoms with Gasteiger partial charge in [-0.05, 0) is 0 Å². The van der Waals surface area contributed by atoms with Gasteiger partial charge in [-0.3, -0.25) is 10.00 Å². The van der Waals surface area contributed by atoms with E-state index in [4.69, 9.17) is 5.11 Å². The van der Waals surface area contributed by atoms with E-state index in [2.05, 4.69) is 30.9 Å². The van der Waals surface area contributed by atoms with Gasteiger partial charge >= 0.3 is 12.0 Å². The van der Waals surface area contributed by atoms with Crippen molar-refractivity contribution in [3.05, 3.63) is 30.4 Å². The van der Waals surface area contributed by atoms with E-state index in [1.54, 1.807) is 7.05 Å². The SMILES string of the molecule is Cn1cc(C(NC(=O)Nc2nccnn2)C(=O)O)cn1. The summed E-state index contributed by atoms with van der Waals surface area (Å²) >= 11 is 0. The van der Waals surface area contributed by atoms with Crippen LogP contribution in [0.15, 0.2) is 24.8 Å². The van der Waals surface area contributed by atoms with E-state index < -0.39 is 18.0 Å². The molecule has 104 valence electrons. The van der Waals surface area contributed by atoms with E-state index in [0.717, 1.165) is 0 Å². The lowest BCUT2D eigenvalue weighted by atomic mass is 10.2. The summed E-state index contributed by atoms with van der Waals surface area (Å²) in [7, 11) is 1.64. The number of carboxylic acid groups (broad SMARTS) is 1. The van der Waals surface area contributed by atoms with Crippen LogP contribution in [0, 0.1) is 0 Å². The molecule has 1 atom stereocenters. The summed E-state index contributed by atoms with van der Waals surface area (Å²) < 4.78 is 1.44. The molecule has 0 bridgehead atoms. The van der Waals surface area contributed by atoms with Crippen LogP contribution in [0.5, 0.6) is 0 Å². The fraction of sp³-hybridized carbons (Fsp3) is 0.200. The molecule has 20 heavy (non-hydrogen) atoms. The smallest absolute Gasteiger partial charge is 0.331 e. The number of aliphatic carboxylic acids is 1. The number of anilines is 1. The summed E-state index contributed by atoms with van der Waals surface area (Å²) in [5.74, 6) is -1.24. The maximum Gasteiger partial charge on any atom is 0.331 e. The first-order valence-corrected chi connectivity index (χ1v) is 5.49. The number of aromatic nitrogens is 5. The summed E-state index contributed by atoms with van der Waals surface area (Å²) in [5, 5.41) is 24.6. The van der Waals surface area contributed by atoms with Gasteiger partial charge in [-0.1, -0.05) is 0 Å². The first-order valence-electron chi connectivity index (χ1n) is 5.49. The molecule has 10 heteroatoms. The number of carbonyl (C=O) groups excluding carboxylic acids is 1. The van der Waals surface area contributed by atoms with Crippen molar-refractivity contribution >= 4 is 17.9 Å². The maximum absolute atomic E-state index is 11.7. The number of amides is 2. The fourth-order valence-corrected chi connectivity index (χ4v) is 1.45. The van der Waals surface area contributed by atoms with Crippen LogP contribution in [0.4, 0.5) is 10.7 Å². The zero-order valence-electron chi connectivity index (χ0n) is 10.4. The monoisotopic (exact) mass is 277 g/mol. The molecule has 3 N–H and O–H groups in total. The molecule has 2 rings (SSSR count). The van der Waals surface area contributed by atoms with E-state index in [1.807, 2.05) is 0 Å². The Hall–Kier alpha value is -3.04. The molecule has 0 fully saturated rings. The van der Waals surface area contributed by atoms with Crippen LogP contribution in [0.1, 0.15) is 11.6 Å². The number of nitrogens with zero attached hydrogens (tertiary/aromatic N) is 5. The van der Waals surface area contributed by atoms with Crippen LogP contribution in [0.2, 0.25) is 0 Å². The van der Waals surface area contributed by atoms with Gasteiger partial charge in [0.1, 0.15) is 0 Å². The van der Waals surface area contributed by atoms with Crippen molar-refractivity contribution in [1.29, 1.82) is 0 Å². The Kier molecular flexibility index (Phi) is 3.84. The van der Waals surface area contributed by atoms with Crippen molar-refractivity contribution in [2.24, 2.45) is 7.05 Å². The highest BCUT2D eigenvalue weighted by Crippen LogP contribution is 2.12. The first-order chi connectivity index (χ1) is 9.56. The number of aryl methyl sites for hydroxylation is 1. The Bertz CT molecular complexity index is 612.